The van der Waals surface area contributed by atoms with E-state index in [1.807, 2.05) is 11.1 Å². The van der Waals surface area contributed by atoms with Crippen LogP contribution in [-0.2, 0) is 4.74 Å². The maximum absolute atomic E-state index is 6.72. The summed E-state index contributed by atoms with van der Waals surface area (Å²) < 4.78 is 6.72. The van der Waals surface area contributed by atoms with Gasteiger partial charge in [0.1, 0.15) is 0 Å². The Morgan fingerprint density at radius 3 is 0.800 bits per heavy atom. The van der Waals surface area contributed by atoms with E-state index in [1.165, 1.54) is 205 Å². The summed E-state index contributed by atoms with van der Waals surface area (Å²) in [6, 6.07) is 0. The van der Waals surface area contributed by atoms with Crippen molar-refractivity contribution < 1.29 is 4.74 Å². The zero-order chi connectivity index (χ0) is 38.2. The molecule has 0 amide bonds. The van der Waals surface area contributed by atoms with Gasteiger partial charge in [0.2, 0.25) is 0 Å². The monoisotopic (exact) mass is 759 g/mol. The molecule has 0 bridgehead atoms. The second-order valence-electron chi connectivity index (χ2n) is 21.3. The van der Waals surface area contributed by atoms with Crippen LogP contribution in [0.3, 0.4) is 0 Å². The van der Waals surface area contributed by atoms with Gasteiger partial charge in [-0.3, -0.25) is 0 Å². The van der Waals surface area contributed by atoms with Crippen LogP contribution < -0.4 is 0 Å². The first kappa shape index (κ1) is 44.0. The molecule has 1 heteroatoms. The summed E-state index contributed by atoms with van der Waals surface area (Å²) in [4.78, 5) is 0. The van der Waals surface area contributed by atoms with Gasteiger partial charge in [-0.15, -0.1) is 0 Å². The van der Waals surface area contributed by atoms with E-state index in [0.29, 0.717) is 0 Å². The minimum Gasteiger partial charge on any atom is -0.373 e. The molecule has 0 atom stereocenters. The van der Waals surface area contributed by atoms with Crippen molar-refractivity contribution in [1.82, 2.24) is 0 Å². The van der Waals surface area contributed by atoms with E-state index < -0.39 is 0 Å². The number of rotatable bonds is 18. The second-order valence-corrected chi connectivity index (χ2v) is 21.3. The fourth-order valence-electron chi connectivity index (χ4n) is 14.7. The average Bonchev–Trinajstić information content (AvgIpc) is 3.23. The van der Waals surface area contributed by atoms with Gasteiger partial charge in [0.15, 0.2) is 0 Å². The SMILES string of the molecule is CCC[C@H]1CC[C@H](C(=CCOCC=C([C@H]2CC[C@H](CCC)CC2)[C@H]2CC[C@H]([C@H]3CC[C@H](CCC)CC3)CC2)[C@H]2CC[C@H]([C@H]3CC[C@H](CCC)CC3)CC2)CC1. The lowest BCUT2D eigenvalue weighted by molar-refractivity contribution is 0.143. The maximum Gasteiger partial charge on any atom is 0.0654 e. The van der Waals surface area contributed by atoms with Gasteiger partial charge in [0.25, 0.3) is 0 Å². The summed E-state index contributed by atoms with van der Waals surface area (Å²) in [6.45, 7) is 11.3. The Bertz CT molecular complexity index is 982. The first-order valence-corrected chi connectivity index (χ1v) is 26.1. The van der Waals surface area contributed by atoms with Crippen LogP contribution in [0, 0.1) is 71.0 Å². The van der Waals surface area contributed by atoms with Crippen LogP contribution >= 0.6 is 0 Å². The van der Waals surface area contributed by atoms with E-state index in [0.717, 1.165) is 84.2 Å². The zero-order valence-electron chi connectivity index (χ0n) is 37.5. The van der Waals surface area contributed by atoms with Crippen LogP contribution in [0.1, 0.15) is 233 Å². The van der Waals surface area contributed by atoms with Gasteiger partial charge in [-0.05, 0) is 199 Å². The number of hydrogen-bond donors (Lipinski definition) is 0. The molecule has 0 heterocycles. The maximum atomic E-state index is 6.72. The predicted molar refractivity (Wildman–Crippen MR) is 239 cm³/mol. The van der Waals surface area contributed by atoms with E-state index in [-0.39, 0.29) is 0 Å². The zero-order valence-corrected chi connectivity index (χ0v) is 37.5. The predicted octanol–water partition coefficient (Wildman–Crippen LogP) is 16.9. The van der Waals surface area contributed by atoms with Gasteiger partial charge in [-0.25, -0.2) is 0 Å². The third-order valence-electron chi connectivity index (χ3n) is 17.9. The summed E-state index contributed by atoms with van der Waals surface area (Å²) in [5.74, 6) is 11.5. The lowest BCUT2D eigenvalue weighted by Crippen LogP contribution is -2.28. The van der Waals surface area contributed by atoms with Crippen molar-refractivity contribution in [3.63, 3.8) is 0 Å². The molecule has 0 unspecified atom stereocenters. The Kier molecular flexibility index (Phi) is 19.1. The Morgan fingerprint density at radius 2 is 0.545 bits per heavy atom. The Labute approximate surface area is 344 Å². The lowest BCUT2D eigenvalue weighted by Gasteiger charge is -2.40. The fourth-order valence-corrected chi connectivity index (χ4v) is 14.7. The van der Waals surface area contributed by atoms with Gasteiger partial charge >= 0.3 is 0 Å². The molecule has 0 aromatic rings. The molecule has 0 aromatic heterocycles. The molecular weight excluding hydrogens is 665 g/mol. The summed E-state index contributed by atoms with van der Waals surface area (Å²) in [5, 5.41) is 0. The van der Waals surface area contributed by atoms with Crippen molar-refractivity contribution in [2.24, 2.45) is 71.0 Å². The molecule has 6 rings (SSSR count). The van der Waals surface area contributed by atoms with Gasteiger partial charge in [0.05, 0.1) is 13.2 Å². The topological polar surface area (TPSA) is 9.23 Å². The van der Waals surface area contributed by atoms with E-state index in [2.05, 4.69) is 39.8 Å². The normalized spacial score (nSPS) is 38.5. The van der Waals surface area contributed by atoms with Crippen molar-refractivity contribution in [3.8, 4) is 0 Å². The largest absolute Gasteiger partial charge is 0.373 e. The molecular formula is C54H94O. The molecule has 55 heavy (non-hydrogen) atoms. The smallest absolute Gasteiger partial charge is 0.0654 e. The number of hydrogen-bond acceptors (Lipinski definition) is 1. The van der Waals surface area contributed by atoms with Crippen molar-refractivity contribution in [1.29, 1.82) is 0 Å². The van der Waals surface area contributed by atoms with E-state index >= 15 is 0 Å². The summed E-state index contributed by atoms with van der Waals surface area (Å²) in [7, 11) is 0. The number of ether oxygens (including phenoxy) is 1. The molecule has 1 nitrogen and oxygen atoms in total. The van der Waals surface area contributed by atoms with Crippen LogP contribution in [0.25, 0.3) is 0 Å². The highest BCUT2D eigenvalue weighted by Crippen LogP contribution is 2.49. The van der Waals surface area contributed by atoms with E-state index in [4.69, 9.17) is 4.74 Å². The Hall–Kier alpha value is -0.560. The van der Waals surface area contributed by atoms with Gasteiger partial charge < -0.3 is 4.74 Å². The fraction of sp³-hybridized carbons (Fsp3) is 0.926. The molecule has 0 aromatic carbocycles. The second kappa shape index (κ2) is 23.9. The van der Waals surface area contributed by atoms with Crippen molar-refractivity contribution in [3.05, 3.63) is 23.3 Å². The van der Waals surface area contributed by atoms with Crippen LogP contribution in [0.5, 0.6) is 0 Å². The molecule has 6 saturated carbocycles. The minimum atomic E-state index is 0.837. The average molecular weight is 759 g/mol. The van der Waals surface area contributed by atoms with Gasteiger partial charge in [0, 0.05) is 0 Å². The van der Waals surface area contributed by atoms with Crippen LogP contribution in [-0.4, -0.2) is 13.2 Å². The molecule has 0 aliphatic heterocycles. The molecule has 6 fully saturated rings. The minimum absolute atomic E-state index is 0.837. The third-order valence-corrected chi connectivity index (χ3v) is 17.9. The van der Waals surface area contributed by atoms with Crippen LogP contribution in [0.15, 0.2) is 23.3 Å². The van der Waals surface area contributed by atoms with Gasteiger partial charge in [-0.1, -0.05) is 128 Å². The molecule has 6 aliphatic rings. The van der Waals surface area contributed by atoms with Gasteiger partial charge in [-0.2, -0.15) is 0 Å². The highest BCUT2D eigenvalue weighted by atomic mass is 16.5. The molecule has 6 aliphatic carbocycles. The number of allylic oxidation sites excluding steroid dienone is 2. The molecule has 0 N–H and O–H groups in total. The van der Waals surface area contributed by atoms with Crippen molar-refractivity contribution >= 4 is 0 Å². The Balaban J connectivity index is 1.04. The molecule has 0 radical (unpaired) electrons. The standard InChI is InChI=1S/C54H94O/c1-5-9-41-13-21-45(22-14-41)47-29-33-51(34-30-47)53(49-25-17-43(11-7-3)18-26-49)37-39-55-40-38-54(50-27-19-44(12-8-4)20-28-50)52-35-31-48(32-36-52)46-23-15-42(10-6-2)16-24-46/h37-38,41-52H,5-36,39-40H2,1-4H3/t41-,42-,43-,44-,45-,46-,47-,48-,49-,50-,51-,52-. The van der Waals surface area contributed by atoms with E-state index in [9.17, 15) is 0 Å². The first-order chi connectivity index (χ1) is 27.1. The molecule has 316 valence electrons. The van der Waals surface area contributed by atoms with Crippen LogP contribution in [0.4, 0.5) is 0 Å². The highest BCUT2D eigenvalue weighted by molar-refractivity contribution is 5.16. The summed E-state index contributed by atoms with van der Waals surface area (Å²) >= 11 is 0. The Morgan fingerprint density at radius 1 is 0.327 bits per heavy atom. The van der Waals surface area contributed by atoms with Crippen molar-refractivity contribution in [2.75, 3.05) is 13.2 Å². The quantitative estimate of drug-likeness (QED) is 0.0999. The van der Waals surface area contributed by atoms with E-state index in [1.54, 1.807) is 0 Å². The third kappa shape index (κ3) is 13.2. The summed E-state index contributed by atoms with van der Waals surface area (Å²) in [6.07, 6.45) is 52.6. The molecule has 0 saturated heterocycles. The highest BCUT2D eigenvalue weighted by Gasteiger charge is 2.36. The first-order valence-electron chi connectivity index (χ1n) is 26.1. The summed E-state index contributed by atoms with van der Waals surface area (Å²) in [5.41, 5.74) is 3.72. The van der Waals surface area contributed by atoms with Crippen molar-refractivity contribution in [2.45, 2.75) is 233 Å². The lowest BCUT2D eigenvalue weighted by atomic mass is 9.65. The van der Waals surface area contributed by atoms with Crippen LogP contribution in [0.2, 0.25) is 0 Å². The molecule has 0 spiro atoms.